The standard InChI is InChI=1S/C17H24FNO3/c1-17(21-9-10-22-17)13-5-4-8-19(11-13)12-16(20)14-6-2-3-7-15(14)18/h2-3,6-7,13,16,20H,4-5,8-12H2,1H3/t13-,16+/m1/s1. The Hall–Kier alpha value is -1.01. The molecule has 2 heterocycles. The first-order valence-electron chi connectivity index (χ1n) is 8.01. The molecule has 4 nitrogen and oxygen atoms in total. The van der Waals surface area contributed by atoms with Gasteiger partial charge in [0, 0.05) is 24.6 Å². The van der Waals surface area contributed by atoms with Gasteiger partial charge in [-0.2, -0.15) is 0 Å². The summed E-state index contributed by atoms with van der Waals surface area (Å²) >= 11 is 0. The van der Waals surface area contributed by atoms with Crippen molar-refractivity contribution in [3.8, 4) is 0 Å². The number of β-amino-alcohol motifs (C(OH)–C–C–N with tert-alkyl or cyclic N) is 1. The second-order valence-electron chi connectivity index (χ2n) is 6.35. The maximum atomic E-state index is 13.8. The van der Waals surface area contributed by atoms with Gasteiger partial charge in [0.25, 0.3) is 0 Å². The molecule has 1 aromatic rings. The Bertz CT molecular complexity index is 504. The van der Waals surface area contributed by atoms with Gasteiger partial charge in [-0.15, -0.1) is 0 Å². The molecule has 0 amide bonds. The van der Waals surface area contributed by atoms with Crippen molar-refractivity contribution in [2.24, 2.45) is 5.92 Å². The number of piperidine rings is 1. The molecule has 2 atom stereocenters. The smallest absolute Gasteiger partial charge is 0.169 e. The van der Waals surface area contributed by atoms with Crippen molar-refractivity contribution < 1.29 is 19.0 Å². The van der Waals surface area contributed by atoms with Crippen LogP contribution in [0.15, 0.2) is 24.3 Å². The van der Waals surface area contributed by atoms with E-state index in [0.29, 0.717) is 25.3 Å². The summed E-state index contributed by atoms with van der Waals surface area (Å²) in [6, 6.07) is 6.42. The Balaban J connectivity index is 1.62. The summed E-state index contributed by atoms with van der Waals surface area (Å²) in [7, 11) is 0. The Morgan fingerprint density at radius 3 is 2.82 bits per heavy atom. The van der Waals surface area contributed by atoms with Crippen molar-refractivity contribution in [3.05, 3.63) is 35.6 Å². The number of benzene rings is 1. The number of hydrogen-bond acceptors (Lipinski definition) is 4. The Morgan fingerprint density at radius 2 is 2.09 bits per heavy atom. The first-order chi connectivity index (χ1) is 10.6. The highest BCUT2D eigenvalue weighted by atomic mass is 19.1. The van der Waals surface area contributed by atoms with Crippen LogP contribution in [0.25, 0.3) is 0 Å². The predicted molar refractivity (Wildman–Crippen MR) is 80.8 cm³/mol. The number of likely N-dealkylation sites (tertiary alicyclic amines) is 1. The van der Waals surface area contributed by atoms with Crippen LogP contribution in [0.4, 0.5) is 4.39 Å². The van der Waals surface area contributed by atoms with Gasteiger partial charge < -0.3 is 14.6 Å². The summed E-state index contributed by atoms with van der Waals surface area (Å²) in [5.41, 5.74) is 0.365. The topological polar surface area (TPSA) is 41.9 Å². The van der Waals surface area contributed by atoms with E-state index in [0.717, 1.165) is 25.9 Å². The minimum atomic E-state index is -0.807. The molecular formula is C17H24FNO3. The van der Waals surface area contributed by atoms with Crippen molar-refractivity contribution in [2.75, 3.05) is 32.8 Å². The summed E-state index contributed by atoms with van der Waals surface area (Å²) in [5.74, 6) is -0.573. The van der Waals surface area contributed by atoms with E-state index in [9.17, 15) is 9.50 Å². The molecule has 5 heteroatoms. The number of ether oxygens (including phenoxy) is 2. The zero-order valence-electron chi connectivity index (χ0n) is 13.0. The molecule has 1 N–H and O–H groups in total. The first-order valence-corrected chi connectivity index (χ1v) is 8.01. The summed E-state index contributed by atoms with van der Waals surface area (Å²) in [5, 5.41) is 10.3. The van der Waals surface area contributed by atoms with E-state index in [2.05, 4.69) is 4.90 Å². The minimum absolute atomic E-state index is 0.288. The summed E-state index contributed by atoms with van der Waals surface area (Å²) in [6.07, 6.45) is 1.29. The first kappa shape index (κ1) is 15.9. The SMILES string of the molecule is CC1([C@@H]2CCCN(C[C@H](O)c3ccccc3F)C2)OCCO1. The van der Waals surface area contributed by atoms with Crippen LogP contribution in [0.3, 0.4) is 0 Å². The molecule has 3 rings (SSSR count). The van der Waals surface area contributed by atoms with Gasteiger partial charge in [0.2, 0.25) is 0 Å². The van der Waals surface area contributed by atoms with Crippen molar-refractivity contribution in [3.63, 3.8) is 0 Å². The van der Waals surface area contributed by atoms with Crippen LogP contribution in [0.5, 0.6) is 0 Å². The molecule has 2 aliphatic rings. The van der Waals surface area contributed by atoms with Gasteiger partial charge >= 0.3 is 0 Å². The molecule has 2 saturated heterocycles. The second-order valence-corrected chi connectivity index (χ2v) is 6.35. The lowest BCUT2D eigenvalue weighted by Gasteiger charge is -2.40. The average Bonchev–Trinajstić information content (AvgIpc) is 2.96. The van der Waals surface area contributed by atoms with E-state index in [1.165, 1.54) is 6.07 Å². The molecule has 0 aliphatic carbocycles. The fourth-order valence-corrected chi connectivity index (χ4v) is 3.50. The number of rotatable bonds is 4. The highest BCUT2D eigenvalue weighted by Crippen LogP contribution is 2.34. The molecule has 0 spiro atoms. The van der Waals surface area contributed by atoms with Crippen LogP contribution in [0, 0.1) is 11.7 Å². The van der Waals surface area contributed by atoms with E-state index in [1.807, 2.05) is 6.92 Å². The fraction of sp³-hybridized carbons (Fsp3) is 0.647. The average molecular weight is 309 g/mol. The van der Waals surface area contributed by atoms with E-state index in [1.54, 1.807) is 18.2 Å². The zero-order chi connectivity index (χ0) is 15.6. The minimum Gasteiger partial charge on any atom is -0.387 e. The third-order valence-electron chi connectivity index (χ3n) is 4.80. The third-order valence-corrected chi connectivity index (χ3v) is 4.80. The number of aliphatic hydroxyl groups excluding tert-OH is 1. The molecule has 1 aromatic carbocycles. The molecule has 0 aromatic heterocycles. The van der Waals surface area contributed by atoms with Crippen molar-refractivity contribution in [1.29, 1.82) is 0 Å². The number of halogens is 1. The quantitative estimate of drug-likeness (QED) is 0.927. The van der Waals surface area contributed by atoms with Crippen molar-refractivity contribution >= 4 is 0 Å². The van der Waals surface area contributed by atoms with Crippen LogP contribution < -0.4 is 0 Å². The van der Waals surface area contributed by atoms with Crippen LogP contribution in [0.2, 0.25) is 0 Å². The number of aliphatic hydroxyl groups is 1. The maximum Gasteiger partial charge on any atom is 0.169 e. The predicted octanol–water partition coefficient (Wildman–Crippen LogP) is 2.33. The van der Waals surface area contributed by atoms with E-state index < -0.39 is 11.9 Å². The summed E-state index contributed by atoms with van der Waals surface area (Å²) in [4.78, 5) is 2.18. The molecule has 0 saturated carbocycles. The van der Waals surface area contributed by atoms with Crippen LogP contribution in [-0.4, -0.2) is 48.6 Å². The van der Waals surface area contributed by atoms with Crippen LogP contribution in [-0.2, 0) is 9.47 Å². The summed E-state index contributed by atoms with van der Waals surface area (Å²) in [6.45, 7) is 5.45. The highest BCUT2D eigenvalue weighted by molar-refractivity contribution is 5.20. The monoisotopic (exact) mass is 309 g/mol. The molecule has 0 bridgehead atoms. The lowest BCUT2D eigenvalue weighted by Crippen LogP contribution is -2.47. The number of hydrogen-bond donors (Lipinski definition) is 1. The lowest BCUT2D eigenvalue weighted by molar-refractivity contribution is -0.192. The van der Waals surface area contributed by atoms with Gasteiger partial charge in [-0.1, -0.05) is 18.2 Å². The van der Waals surface area contributed by atoms with Crippen molar-refractivity contribution in [1.82, 2.24) is 4.90 Å². The summed E-state index contributed by atoms with van der Waals surface area (Å²) < 4.78 is 25.3. The Morgan fingerprint density at radius 1 is 1.36 bits per heavy atom. The molecular weight excluding hydrogens is 285 g/mol. The van der Waals surface area contributed by atoms with E-state index in [-0.39, 0.29) is 11.7 Å². The fourth-order valence-electron chi connectivity index (χ4n) is 3.50. The van der Waals surface area contributed by atoms with Gasteiger partial charge in [-0.05, 0) is 32.4 Å². The molecule has 122 valence electrons. The largest absolute Gasteiger partial charge is 0.387 e. The van der Waals surface area contributed by atoms with Crippen LogP contribution >= 0.6 is 0 Å². The Labute approximate surface area is 130 Å². The lowest BCUT2D eigenvalue weighted by atomic mass is 9.90. The van der Waals surface area contributed by atoms with Gasteiger partial charge in [0.1, 0.15) is 5.82 Å². The van der Waals surface area contributed by atoms with Gasteiger partial charge in [-0.25, -0.2) is 4.39 Å². The third kappa shape index (κ3) is 3.33. The maximum absolute atomic E-state index is 13.8. The van der Waals surface area contributed by atoms with Crippen molar-refractivity contribution in [2.45, 2.75) is 31.7 Å². The molecule has 0 unspecified atom stereocenters. The molecule has 0 radical (unpaired) electrons. The highest BCUT2D eigenvalue weighted by Gasteiger charge is 2.41. The molecule has 2 aliphatic heterocycles. The van der Waals surface area contributed by atoms with E-state index in [4.69, 9.17) is 9.47 Å². The Kier molecular flexibility index (Phi) is 4.78. The van der Waals surface area contributed by atoms with Crippen LogP contribution in [0.1, 0.15) is 31.4 Å². The molecule has 2 fully saturated rings. The second kappa shape index (κ2) is 6.62. The van der Waals surface area contributed by atoms with Gasteiger partial charge in [-0.3, -0.25) is 4.90 Å². The zero-order valence-corrected chi connectivity index (χ0v) is 13.0. The normalized spacial score (nSPS) is 27.0. The van der Waals surface area contributed by atoms with Gasteiger partial charge in [0.05, 0.1) is 19.3 Å². The molecule has 22 heavy (non-hydrogen) atoms. The van der Waals surface area contributed by atoms with Gasteiger partial charge in [0.15, 0.2) is 5.79 Å². The number of nitrogens with zero attached hydrogens (tertiary/aromatic N) is 1. The van der Waals surface area contributed by atoms with E-state index >= 15 is 0 Å².